The quantitative estimate of drug-likeness (QED) is 0.404. The van der Waals surface area contributed by atoms with Gasteiger partial charge >= 0.3 is 0 Å². The van der Waals surface area contributed by atoms with E-state index in [9.17, 15) is 10.2 Å². The minimum atomic E-state index is -0.833. The molecule has 151 valence electrons. The van der Waals surface area contributed by atoms with Crippen molar-refractivity contribution < 1.29 is 123 Å². The van der Waals surface area contributed by atoms with Crippen LogP contribution < -0.4 is 0 Å². The molecule has 2 aromatic carbocycles. The van der Waals surface area contributed by atoms with E-state index in [1.165, 1.54) is 30.4 Å². The van der Waals surface area contributed by atoms with Crippen LogP contribution >= 0.6 is 0 Å². The third kappa shape index (κ3) is 11.3. The van der Waals surface area contributed by atoms with Crippen LogP contribution in [0, 0.1) is 0 Å². The molecule has 1 saturated carbocycles. The zero-order valence-electron chi connectivity index (χ0n) is 17.1. The minimum absolute atomic E-state index is 0. The Morgan fingerprint density at radius 1 is 0.724 bits per heavy atom. The summed E-state index contributed by atoms with van der Waals surface area (Å²) in [6, 6.07) is 15.2. The van der Waals surface area contributed by atoms with Crippen molar-refractivity contribution in [2.45, 2.75) is 44.4 Å². The first-order valence-corrected chi connectivity index (χ1v) is 8.67. The molecule has 0 bridgehead atoms. The van der Waals surface area contributed by atoms with Crippen molar-refractivity contribution >= 4 is 5.97 Å². The van der Waals surface area contributed by atoms with Crippen LogP contribution in [-0.2, 0) is 108 Å². The smallest absolute Gasteiger partial charge is 0.300 e. The van der Waals surface area contributed by atoms with Crippen molar-refractivity contribution in [3.63, 3.8) is 0 Å². The van der Waals surface area contributed by atoms with Crippen LogP contribution in [0.25, 0.3) is 0 Å². The normalized spacial score (nSPS) is 13.3. The summed E-state index contributed by atoms with van der Waals surface area (Å²) in [5.74, 6) is -0.212. The monoisotopic (exact) mass is 627 g/mol. The summed E-state index contributed by atoms with van der Waals surface area (Å²) in [4.78, 5) is 9.00. The van der Waals surface area contributed by atoms with E-state index >= 15 is 0 Å². The fraction of sp³-hybridized carbons (Fsp3) is 0.381. The van der Waals surface area contributed by atoms with E-state index in [0.29, 0.717) is 11.5 Å². The van der Waals surface area contributed by atoms with Crippen molar-refractivity contribution in [3.05, 3.63) is 59.7 Å². The first-order chi connectivity index (χ1) is 12.4. The molecule has 0 unspecified atom stereocenters. The van der Waals surface area contributed by atoms with Gasteiger partial charge in [0.15, 0.2) is 0 Å². The summed E-state index contributed by atoms with van der Waals surface area (Å²) in [7, 11) is 1.00. The molecule has 3 rings (SSSR count). The number of aliphatic carboxylic acids is 1. The van der Waals surface area contributed by atoms with Crippen molar-refractivity contribution in [2.24, 2.45) is 0 Å². The zero-order valence-corrected chi connectivity index (χ0v) is 25.6. The molecule has 0 aromatic heterocycles. The van der Waals surface area contributed by atoms with Crippen molar-refractivity contribution in [3.8, 4) is 11.5 Å². The second-order valence-electron chi connectivity index (χ2n) is 6.26. The van der Waals surface area contributed by atoms with Gasteiger partial charge in [0.05, 0.1) is 0 Å². The van der Waals surface area contributed by atoms with Gasteiger partial charge in [-0.15, -0.1) is 0 Å². The van der Waals surface area contributed by atoms with Crippen LogP contribution in [0.2, 0.25) is 0 Å². The Balaban J connectivity index is -0.000000676. The van der Waals surface area contributed by atoms with Gasteiger partial charge in [-0.3, -0.25) is 4.79 Å². The summed E-state index contributed by atoms with van der Waals surface area (Å²) in [5, 5.41) is 33.4. The van der Waals surface area contributed by atoms with Gasteiger partial charge in [-0.1, -0.05) is 43.5 Å². The van der Waals surface area contributed by atoms with Gasteiger partial charge in [-0.05, 0) is 48.2 Å². The number of hydrogen-bond acceptors (Lipinski definition) is 4. The number of phenolic OH excluding ortho intramolecular Hbond substituents is 2. The van der Waals surface area contributed by atoms with Crippen LogP contribution in [0.15, 0.2) is 48.5 Å². The van der Waals surface area contributed by atoms with E-state index in [1.54, 1.807) is 24.3 Å². The van der Waals surface area contributed by atoms with E-state index in [2.05, 4.69) is 0 Å². The maximum absolute atomic E-state index is 9.51. The first-order valence-electron chi connectivity index (χ1n) is 8.67. The van der Waals surface area contributed by atoms with Crippen LogP contribution in [0.5, 0.6) is 11.5 Å². The van der Waals surface area contributed by atoms with Crippen LogP contribution in [0.1, 0.15) is 50.2 Å². The average Bonchev–Trinajstić information content (AvgIpc) is 2.65. The van der Waals surface area contributed by atoms with Crippen LogP contribution in [0.3, 0.4) is 0 Å². The fourth-order valence-electron chi connectivity index (χ4n) is 3.46. The number of phenols is 2. The van der Waals surface area contributed by atoms with Crippen LogP contribution in [-0.4, -0.2) is 33.5 Å². The number of rotatable bonds is 2. The summed E-state index contributed by atoms with van der Waals surface area (Å²) in [6.07, 6.45) is 5.99. The molecule has 0 spiro atoms. The molecule has 8 heteroatoms. The standard InChI is InChI=1S/C18H20O2.C2H4O2.CH4O.3Y/c19-16-8-4-14(5-9-16)18(12-2-1-3-13-18)15-6-10-17(20)11-7-15;1-2(3)4;1-2;;;/h4-11,19-20H,1-3,12-13H2;1H3,(H,3,4);2H,1H3;;;. The third-order valence-corrected chi connectivity index (χ3v) is 4.55. The Morgan fingerprint density at radius 2 is 1.00 bits per heavy atom. The molecular weight excluding hydrogens is 599 g/mol. The van der Waals surface area contributed by atoms with E-state index in [-0.39, 0.29) is 104 Å². The SMILES string of the molecule is CC(=O)O.CO.Oc1ccc(C2(c3ccc(O)cc3)CCCCC2)cc1.[Y].[Y].[Y]. The Kier molecular flexibility index (Phi) is 21.8. The number of carbonyl (C=O) groups is 1. The van der Waals surface area contributed by atoms with Crippen LogP contribution in [0.4, 0.5) is 0 Å². The molecule has 1 fully saturated rings. The van der Waals surface area contributed by atoms with E-state index in [1.807, 2.05) is 24.3 Å². The molecule has 0 amide bonds. The fourth-order valence-corrected chi connectivity index (χ4v) is 3.46. The van der Waals surface area contributed by atoms with Gasteiger partial charge in [-0.25, -0.2) is 0 Å². The Hall–Kier alpha value is 0.782. The molecule has 0 aliphatic heterocycles. The topological polar surface area (TPSA) is 98.0 Å². The molecule has 0 saturated heterocycles. The van der Waals surface area contributed by atoms with E-state index in [4.69, 9.17) is 15.0 Å². The van der Waals surface area contributed by atoms with Crippen molar-refractivity contribution in [2.75, 3.05) is 7.11 Å². The van der Waals surface area contributed by atoms with Gasteiger partial charge < -0.3 is 20.4 Å². The molecule has 0 atom stereocenters. The minimum Gasteiger partial charge on any atom is -0.508 e. The summed E-state index contributed by atoms with van der Waals surface area (Å²) in [6.45, 7) is 1.08. The number of aliphatic hydroxyl groups excluding tert-OH is 1. The molecular formula is C21H28O5Y3. The van der Waals surface area contributed by atoms with Crippen molar-refractivity contribution in [1.82, 2.24) is 0 Å². The number of hydrogen-bond donors (Lipinski definition) is 4. The van der Waals surface area contributed by atoms with Gasteiger partial charge in [-0.2, -0.15) is 0 Å². The summed E-state index contributed by atoms with van der Waals surface area (Å²) in [5.41, 5.74) is 2.56. The maximum atomic E-state index is 9.51. The predicted molar refractivity (Wildman–Crippen MR) is 102 cm³/mol. The number of aliphatic hydroxyl groups is 1. The molecule has 1 aliphatic carbocycles. The Labute approximate surface area is 248 Å². The number of carboxylic acid groups (broad SMARTS) is 1. The number of benzene rings is 2. The molecule has 4 N–H and O–H groups in total. The van der Waals surface area contributed by atoms with Gasteiger partial charge in [0.1, 0.15) is 11.5 Å². The molecule has 0 heterocycles. The van der Waals surface area contributed by atoms with Gasteiger partial charge in [0.2, 0.25) is 0 Å². The van der Waals surface area contributed by atoms with E-state index < -0.39 is 5.97 Å². The van der Waals surface area contributed by atoms with Crippen molar-refractivity contribution in [1.29, 1.82) is 0 Å². The summed E-state index contributed by atoms with van der Waals surface area (Å²) < 4.78 is 0. The largest absolute Gasteiger partial charge is 0.508 e. The number of aromatic hydroxyl groups is 2. The van der Waals surface area contributed by atoms with E-state index in [0.717, 1.165) is 26.9 Å². The first kappa shape index (κ1) is 34.4. The average molecular weight is 627 g/mol. The molecule has 29 heavy (non-hydrogen) atoms. The molecule has 3 radical (unpaired) electrons. The maximum Gasteiger partial charge on any atom is 0.300 e. The Morgan fingerprint density at radius 3 is 1.28 bits per heavy atom. The molecule has 2 aromatic rings. The third-order valence-electron chi connectivity index (χ3n) is 4.55. The summed E-state index contributed by atoms with van der Waals surface area (Å²) >= 11 is 0. The second-order valence-corrected chi connectivity index (χ2v) is 6.26. The second kappa shape index (κ2) is 18.4. The Bertz CT molecular complexity index is 618. The van der Waals surface area contributed by atoms with Gasteiger partial charge in [0.25, 0.3) is 5.97 Å². The molecule has 5 nitrogen and oxygen atoms in total. The predicted octanol–water partition coefficient (Wildman–Crippen LogP) is 4.04. The number of carboxylic acids is 1. The zero-order chi connectivity index (χ0) is 19.6. The molecule has 1 aliphatic rings. The van der Waals surface area contributed by atoms with Gasteiger partial charge in [0, 0.05) is 118 Å².